The van der Waals surface area contributed by atoms with Gasteiger partial charge >= 0.3 is 0 Å². The van der Waals surface area contributed by atoms with Gasteiger partial charge < -0.3 is 0 Å². The minimum absolute atomic E-state index is 0.0608. The van der Waals surface area contributed by atoms with Crippen LogP contribution in [0.25, 0.3) is 27.6 Å². The van der Waals surface area contributed by atoms with E-state index in [1.54, 1.807) is 0 Å². The van der Waals surface area contributed by atoms with Crippen LogP contribution in [0, 0.1) is 13.8 Å². The molecule has 0 spiro atoms. The Kier molecular flexibility index (Phi) is 9.90. The zero-order chi connectivity index (χ0) is 23.8. The van der Waals surface area contributed by atoms with Crippen molar-refractivity contribution in [1.29, 1.82) is 0 Å². The molecule has 4 aromatic rings. The number of aromatic nitrogens is 3. The Morgan fingerprint density at radius 3 is 1.94 bits per heavy atom. The van der Waals surface area contributed by atoms with Gasteiger partial charge in [0.05, 0.1) is 16.6 Å². The molecule has 0 radical (unpaired) electrons. The minimum atomic E-state index is -0.0608. The number of aryl methyl sites for hydroxylation is 2. The van der Waals surface area contributed by atoms with Crippen molar-refractivity contribution in [2.24, 2.45) is 0 Å². The Balaban J connectivity index is 0.000000532. The maximum atomic E-state index is 4.97. The van der Waals surface area contributed by atoms with E-state index in [1.807, 2.05) is 19.9 Å². The topological polar surface area (TPSA) is 30.2 Å². The Labute approximate surface area is 189 Å². The first-order valence-corrected chi connectivity index (χ1v) is 11.5. The fraction of sp³-hybridized carbons (Fsp3) is 0.429. The van der Waals surface area contributed by atoms with Crippen LogP contribution in [0.4, 0.5) is 0 Å². The molecule has 0 amide bonds. The summed E-state index contributed by atoms with van der Waals surface area (Å²) in [5.74, 6) is 1.05. The van der Waals surface area contributed by atoms with E-state index in [0.717, 1.165) is 33.4 Å². The monoisotopic (exact) mass is 419 g/mol. The molecule has 3 nitrogen and oxygen atoms in total. The predicted octanol–water partition coefficient (Wildman–Crippen LogP) is 8.58. The maximum Gasteiger partial charge on any atom is 0.148 e. The number of hydrogen-bond donors (Lipinski definition) is 0. The highest BCUT2D eigenvalue weighted by Gasteiger charge is 2.23. The summed E-state index contributed by atoms with van der Waals surface area (Å²) >= 11 is 0. The van der Waals surface area contributed by atoms with Crippen molar-refractivity contribution in [3.05, 3.63) is 66.5 Å². The minimum Gasteiger partial charge on any atom is -0.279 e. The molecule has 0 unspecified atom stereocenters. The summed E-state index contributed by atoms with van der Waals surface area (Å²) < 4.78 is 2.24. The van der Waals surface area contributed by atoms with E-state index < -0.39 is 0 Å². The van der Waals surface area contributed by atoms with Gasteiger partial charge in [-0.15, -0.1) is 13.2 Å². The van der Waals surface area contributed by atoms with Crippen LogP contribution in [-0.4, -0.2) is 14.4 Å². The second kappa shape index (κ2) is 11.6. The highest BCUT2D eigenvalue weighted by atomic mass is 15.1. The second-order valence-electron chi connectivity index (χ2n) is 8.40. The summed E-state index contributed by atoms with van der Waals surface area (Å²) in [7, 11) is 0. The fourth-order valence-electron chi connectivity index (χ4n) is 3.16. The van der Waals surface area contributed by atoms with Gasteiger partial charge in [0.2, 0.25) is 0 Å². The molecular weight excluding hydrogens is 378 g/mol. The van der Waals surface area contributed by atoms with E-state index in [4.69, 9.17) is 9.97 Å². The molecule has 168 valence electrons. The number of fused-ring (bicyclic) bond motifs is 5. The summed E-state index contributed by atoms with van der Waals surface area (Å²) in [6.45, 7) is 25.3. The van der Waals surface area contributed by atoms with Crippen LogP contribution in [-0.2, 0) is 5.41 Å². The van der Waals surface area contributed by atoms with Gasteiger partial charge in [-0.2, -0.15) is 0 Å². The highest BCUT2D eigenvalue weighted by Crippen LogP contribution is 2.31. The zero-order valence-corrected chi connectivity index (χ0v) is 21.1. The normalized spacial score (nSPS) is 10.6. The van der Waals surface area contributed by atoms with Crippen molar-refractivity contribution in [3.8, 4) is 0 Å². The molecule has 4 rings (SSSR count). The summed E-state index contributed by atoms with van der Waals surface area (Å²) in [5.41, 5.74) is 6.69. The summed E-state index contributed by atoms with van der Waals surface area (Å²) in [6, 6.07) is 12.7. The van der Waals surface area contributed by atoms with Crippen LogP contribution in [0.5, 0.6) is 0 Å². The number of hydrogen-bond acceptors (Lipinski definition) is 2. The number of unbranched alkanes of at least 4 members (excludes halogenated alkanes) is 1. The number of rotatable bonds is 1. The molecule has 31 heavy (non-hydrogen) atoms. The first-order valence-electron chi connectivity index (χ1n) is 11.5. The van der Waals surface area contributed by atoms with E-state index in [1.165, 1.54) is 24.0 Å². The van der Waals surface area contributed by atoms with E-state index in [-0.39, 0.29) is 5.41 Å². The first-order chi connectivity index (χ1) is 14.8. The molecule has 2 heterocycles. The molecule has 0 aliphatic heterocycles. The van der Waals surface area contributed by atoms with Gasteiger partial charge in [-0.25, -0.2) is 9.97 Å². The zero-order valence-electron chi connectivity index (χ0n) is 21.1. The first kappa shape index (κ1) is 26.4. The van der Waals surface area contributed by atoms with Crippen molar-refractivity contribution >= 4 is 27.6 Å². The number of imidazole rings is 1. The van der Waals surface area contributed by atoms with Gasteiger partial charge in [-0.3, -0.25) is 4.40 Å². The Bertz CT molecular complexity index is 1110. The maximum absolute atomic E-state index is 4.97. The van der Waals surface area contributed by atoms with Crippen LogP contribution in [0.15, 0.2) is 49.6 Å². The Morgan fingerprint density at radius 1 is 0.839 bits per heavy atom. The third-order valence-electron chi connectivity index (χ3n) is 5.02. The van der Waals surface area contributed by atoms with Crippen molar-refractivity contribution in [2.75, 3.05) is 0 Å². The molecule has 0 N–H and O–H groups in total. The molecule has 0 fully saturated rings. The molecule has 0 bridgehead atoms. The summed E-state index contributed by atoms with van der Waals surface area (Å²) in [5, 5.41) is 1.10. The molecular formula is C28H41N3. The number of benzene rings is 2. The van der Waals surface area contributed by atoms with E-state index in [2.05, 4.69) is 96.4 Å². The van der Waals surface area contributed by atoms with Crippen molar-refractivity contribution in [2.45, 2.75) is 80.6 Å². The lowest BCUT2D eigenvalue weighted by Crippen LogP contribution is -2.19. The highest BCUT2D eigenvalue weighted by molar-refractivity contribution is 5.96. The van der Waals surface area contributed by atoms with E-state index >= 15 is 0 Å². The van der Waals surface area contributed by atoms with Crippen LogP contribution < -0.4 is 0 Å². The molecule has 2 aromatic carbocycles. The van der Waals surface area contributed by atoms with Crippen LogP contribution in [0.3, 0.4) is 0 Å². The van der Waals surface area contributed by atoms with E-state index in [0.29, 0.717) is 0 Å². The molecule has 0 atom stereocenters. The lowest BCUT2D eigenvalue weighted by molar-refractivity contribution is 0.542. The Morgan fingerprint density at radius 2 is 1.39 bits per heavy atom. The molecule has 0 aliphatic carbocycles. The third kappa shape index (κ3) is 5.72. The van der Waals surface area contributed by atoms with E-state index in [9.17, 15) is 0 Å². The van der Waals surface area contributed by atoms with Crippen molar-refractivity contribution < 1.29 is 0 Å². The molecule has 0 aliphatic rings. The van der Waals surface area contributed by atoms with Gasteiger partial charge in [0.15, 0.2) is 0 Å². The molecule has 0 saturated heterocycles. The standard InChI is InChI=1S/C20H21N3.C4H10.C2H6.C2H4/c1-12-10-16-17(11-13(12)2)23-18(21-16)14-8-6-7-9-15(14)22-19(23)20(3,4)5;1-3-4-2;2*1-2/h6-11H,1-5H3;3-4H2,1-2H3;1-2H3;1-2H2. The third-order valence-corrected chi connectivity index (χ3v) is 5.02. The molecule has 3 heteroatoms. The van der Waals surface area contributed by atoms with Gasteiger partial charge in [0.1, 0.15) is 11.5 Å². The SMILES string of the molecule is C=C.CC.CCCC.Cc1cc2nc3c4ccccc4nc(C(C)(C)C)n3c2cc1C. The number of para-hydroxylation sites is 1. The average Bonchev–Trinajstić information content (AvgIpc) is 3.14. The van der Waals surface area contributed by atoms with Gasteiger partial charge in [0, 0.05) is 10.8 Å². The van der Waals surface area contributed by atoms with Gasteiger partial charge in [-0.1, -0.05) is 73.4 Å². The van der Waals surface area contributed by atoms with Crippen molar-refractivity contribution in [1.82, 2.24) is 14.4 Å². The second-order valence-corrected chi connectivity index (χ2v) is 8.40. The molecule has 0 saturated carbocycles. The average molecular weight is 420 g/mol. The van der Waals surface area contributed by atoms with Crippen molar-refractivity contribution in [3.63, 3.8) is 0 Å². The van der Waals surface area contributed by atoms with Gasteiger partial charge in [0.25, 0.3) is 0 Å². The smallest absolute Gasteiger partial charge is 0.148 e. The summed E-state index contributed by atoms with van der Waals surface area (Å²) in [4.78, 5) is 9.91. The van der Waals surface area contributed by atoms with Gasteiger partial charge in [-0.05, 0) is 49.2 Å². The quantitative estimate of drug-likeness (QED) is 0.289. The number of nitrogens with zero attached hydrogens (tertiary/aromatic N) is 3. The van der Waals surface area contributed by atoms with Crippen LogP contribution >= 0.6 is 0 Å². The largest absolute Gasteiger partial charge is 0.279 e. The fourth-order valence-corrected chi connectivity index (χ4v) is 3.16. The summed E-state index contributed by atoms with van der Waals surface area (Å²) in [6.07, 6.45) is 2.64. The van der Waals surface area contributed by atoms with Crippen LogP contribution in [0.1, 0.15) is 78.3 Å². The Hall–Kier alpha value is -2.68. The molecule has 2 aromatic heterocycles. The predicted molar refractivity (Wildman–Crippen MR) is 139 cm³/mol. The lowest BCUT2D eigenvalue weighted by atomic mass is 9.95. The lowest BCUT2D eigenvalue weighted by Gasteiger charge is -2.20. The van der Waals surface area contributed by atoms with Crippen LogP contribution in [0.2, 0.25) is 0 Å².